The number of hydrogen-bond donors (Lipinski definition) is 1. The van der Waals surface area contributed by atoms with E-state index in [2.05, 4.69) is 10.1 Å². The molecule has 7 nitrogen and oxygen atoms in total. The summed E-state index contributed by atoms with van der Waals surface area (Å²) in [5, 5.41) is 3.05. The number of piperazine rings is 1. The summed E-state index contributed by atoms with van der Waals surface area (Å²) in [5.74, 6) is -0.964. The van der Waals surface area contributed by atoms with Gasteiger partial charge in [-0.15, -0.1) is 0 Å². The molecule has 0 aliphatic carbocycles. The van der Waals surface area contributed by atoms with Crippen molar-refractivity contribution in [2.75, 3.05) is 26.7 Å². The molecule has 0 spiro atoms. The smallest absolute Gasteiger partial charge is 0.326 e. The SMILES string of the molecule is COC(=O)CC[C@@H]1NCCN(CC(=O)OC(C)(C)C)C1=O. The second kappa shape index (κ2) is 7.40. The van der Waals surface area contributed by atoms with Crippen LogP contribution in [0.25, 0.3) is 0 Å². The van der Waals surface area contributed by atoms with Crippen molar-refractivity contribution < 1.29 is 23.9 Å². The molecule has 1 heterocycles. The molecule has 0 saturated carbocycles. The molecule has 0 aromatic heterocycles. The number of methoxy groups -OCH3 is 1. The summed E-state index contributed by atoms with van der Waals surface area (Å²) in [6, 6.07) is -0.458. The van der Waals surface area contributed by atoms with Crippen molar-refractivity contribution in [1.82, 2.24) is 10.2 Å². The zero-order chi connectivity index (χ0) is 16.0. The van der Waals surface area contributed by atoms with Crippen LogP contribution in [0.4, 0.5) is 0 Å². The largest absolute Gasteiger partial charge is 0.469 e. The van der Waals surface area contributed by atoms with Gasteiger partial charge in [0.25, 0.3) is 0 Å². The van der Waals surface area contributed by atoms with E-state index in [4.69, 9.17) is 4.74 Å². The highest BCUT2D eigenvalue weighted by molar-refractivity contribution is 5.87. The summed E-state index contributed by atoms with van der Waals surface area (Å²) in [5.41, 5.74) is -0.571. The van der Waals surface area contributed by atoms with E-state index in [0.717, 1.165) is 0 Å². The molecule has 0 bridgehead atoms. The maximum absolute atomic E-state index is 12.2. The maximum atomic E-state index is 12.2. The van der Waals surface area contributed by atoms with Crippen molar-refractivity contribution in [3.63, 3.8) is 0 Å². The van der Waals surface area contributed by atoms with E-state index >= 15 is 0 Å². The first-order valence-electron chi connectivity index (χ1n) is 7.04. The van der Waals surface area contributed by atoms with Gasteiger partial charge in [-0.2, -0.15) is 0 Å². The summed E-state index contributed by atoms with van der Waals surface area (Å²) >= 11 is 0. The molecule has 1 N–H and O–H groups in total. The van der Waals surface area contributed by atoms with Crippen molar-refractivity contribution in [2.45, 2.75) is 45.3 Å². The van der Waals surface area contributed by atoms with Gasteiger partial charge in [-0.05, 0) is 27.2 Å². The zero-order valence-electron chi connectivity index (χ0n) is 13.1. The summed E-state index contributed by atoms with van der Waals surface area (Å²) in [6.07, 6.45) is 0.524. The lowest BCUT2D eigenvalue weighted by Crippen LogP contribution is -2.56. The molecule has 1 rings (SSSR count). The Kier molecular flexibility index (Phi) is 6.14. The third kappa shape index (κ3) is 6.12. The van der Waals surface area contributed by atoms with Gasteiger partial charge in [0, 0.05) is 19.5 Å². The first-order chi connectivity index (χ1) is 9.73. The number of esters is 2. The van der Waals surface area contributed by atoms with Crippen LogP contribution in [0.2, 0.25) is 0 Å². The fraction of sp³-hybridized carbons (Fsp3) is 0.786. The first kappa shape index (κ1) is 17.4. The van der Waals surface area contributed by atoms with E-state index in [1.54, 1.807) is 20.8 Å². The molecular weight excluding hydrogens is 276 g/mol. The molecule has 1 aliphatic rings. The first-order valence-corrected chi connectivity index (χ1v) is 7.04. The van der Waals surface area contributed by atoms with Crippen LogP contribution in [0.15, 0.2) is 0 Å². The van der Waals surface area contributed by atoms with Crippen molar-refractivity contribution in [3.05, 3.63) is 0 Å². The number of hydrogen-bond acceptors (Lipinski definition) is 6. The molecule has 1 saturated heterocycles. The van der Waals surface area contributed by atoms with Crippen LogP contribution in [-0.4, -0.2) is 61.1 Å². The van der Waals surface area contributed by atoms with Gasteiger partial charge >= 0.3 is 11.9 Å². The molecule has 7 heteroatoms. The van der Waals surface area contributed by atoms with Gasteiger partial charge in [-0.1, -0.05) is 0 Å². The average molecular weight is 300 g/mol. The molecule has 0 aromatic carbocycles. The lowest BCUT2D eigenvalue weighted by atomic mass is 10.1. The molecular formula is C14H24N2O5. The van der Waals surface area contributed by atoms with Gasteiger partial charge in [0.05, 0.1) is 13.2 Å². The third-order valence-corrected chi connectivity index (χ3v) is 2.99. The van der Waals surface area contributed by atoms with Gasteiger partial charge in [-0.3, -0.25) is 14.4 Å². The summed E-state index contributed by atoms with van der Waals surface area (Å²) in [7, 11) is 1.31. The fourth-order valence-corrected chi connectivity index (χ4v) is 2.07. The molecule has 1 aliphatic heterocycles. The minimum Gasteiger partial charge on any atom is -0.469 e. The molecule has 21 heavy (non-hydrogen) atoms. The maximum Gasteiger partial charge on any atom is 0.326 e. The van der Waals surface area contributed by atoms with Crippen LogP contribution in [0.3, 0.4) is 0 Å². The summed E-state index contributed by atoms with van der Waals surface area (Å²) < 4.78 is 9.77. The van der Waals surface area contributed by atoms with Crippen LogP contribution in [0.1, 0.15) is 33.6 Å². The van der Waals surface area contributed by atoms with Crippen LogP contribution in [-0.2, 0) is 23.9 Å². The fourth-order valence-electron chi connectivity index (χ4n) is 2.07. The van der Waals surface area contributed by atoms with Crippen LogP contribution >= 0.6 is 0 Å². The van der Waals surface area contributed by atoms with Crippen molar-refractivity contribution >= 4 is 17.8 Å². The normalized spacial score (nSPS) is 19.3. The molecule has 120 valence electrons. The monoisotopic (exact) mass is 300 g/mol. The Labute approximate surface area is 124 Å². The highest BCUT2D eigenvalue weighted by Crippen LogP contribution is 2.11. The lowest BCUT2D eigenvalue weighted by molar-refractivity contribution is -0.160. The van der Waals surface area contributed by atoms with Crippen LogP contribution < -0.4 is 5.32 Å². The molecule has 0 aromatic rings. The van der Waals surface area contributed by atoms with E-state index in [1.807, 2.05) is 0 Å². The Balaban J connectivity index is 2.50. The van der Waals surface area contributed by atoms with Gasteiger partial charge in [-0.25, -0.2) is 0 Å². The molecule has 0 radical (unpaired) electrons. The van der Waals surface area contributed by atoms with E-state index < -0.39 is 17.6 Å². The zero-order valence-corrected chi connectivity index (χ0v) is 13.1. The van der Waals surface area contributed by atoms with Gasteiger partial charge in [0.15, 0.2) is 0 Å². The average Bonchev–Trinajstić information content (AvgIpc) is 2.37. The number of amides is 1. The Hall–Kier alpha value is -1.63. The quantitative estimate of drug-likeness (QED) is 0.724. The van der Waals surface area contributed by atoms with Gasteiger partial charge in [0.1, 0.15) is 12.1 Å². The number of nitrogens with zero attached hydrogens (tertiary/aromatic N) is 1. The van der Waals surface area contributed by atoms with E-state index in [9.17, 15) is 14.4 Å². The molecule has 0 unspecified atom stereocenters. The second-order valence-electron chi connectivity index (χ2n) is 5.97. The van der Waals surface area contributed by atoms with Gasteiger partial charge < -0.3 is 19.7 Å². The summed E-state index contributed by atoms with van der Waals surface area (Å²) in [6.45, 7) is 6.32. The highest BCUT2D eigenvalue weighted by atomic mass is 16.6. The molecule has 1 amide bonds. The Morgan fingerprint density at radius 2 is 2.00 bits per heavy atom. The van der Waals surface area contributed by atoms with Gasteiger partial charge in [0.2, 0.25) is 5.91 Å². The number of carbonyl (C=O) groups excluding carboxylic acids is 3. The standard InChI is InChI=1S/C14H24N2O5/c1-14(2,3)21-12(18)9-16-8-7-15-10(13(16)19)5-6-11(17)20-4/h10,15H,5-9H2,1-4H3/t10-/m0/s1. The van der Waals surface area contributed by atoms with E-state index in [-0.39, 0.29) is 24.8 Å². The van der Waals surface area contributed by atoms with E-state index in [0.29, 0.717) is 19.5 Å². The van der Waals surface area contributed by atoms with Crippen molar-refractivity contribution in [2.24, 2.45) is 0 Å². The van der Waals surface area contributed by atoms with Crippen LogP contribution in [0.5, 0.6) is 0 Å². The van der Waals surface area contributed by atoms with Crippen LogP contribution in [0, 0.1) is 0 Å². The minimum absolute atomic E-state index is 0.0630. The number of carbonyl (C=O) groups is 3. The predicted octanol–water partition coefficient (Wildman–Crippen LogP) is 0.0817. The highest BCUT2D eigenvalue weighted by Gasteiger charge is 2.31. The Bertz CT molecular complexity index is 403. The number of nitrogens with one attached hydrogen (secondary N) is 1. The predicted molar refractivity (Wildman–Crippen MR) is 75.5 cm³/mol. The Morgan fingerprint density at radius 1 is 1.33 bits per heavy atom. The Morgan fingerprint density at radius 3 is 2.57 bits per heavy atom. The molecule has 1 atom stereocenters. The third-order valence-electron chi connectivity index (χ3n) is 2.99. The minimum atomic E-state index is -0.571. The molecule has 1 fully saturated rings. The lowest BCUT2D eigenvalue weighted by Gasteiger charge is -2.33. The van der Waals surface area contributed by atoms with Crippen molar-refractivity contribution in [3.8, 4) is 0 Å². The topological polar surface area (TPSA) is 84.9 Å². The number of rotatable bonds is 5. The summed E-state index contributed by atoms with van der Waals surface area (Å²) in [4.78, 5) is 36.6. The van der Waals surface area contributed by atoms with E-state index in [1.165, 1.54) is 12.0 Å². The van der Waals surface area contributed by atoms with Crippen molar-refractivity contribution in [1.29, 1.82) is 0 Å². The number of ether oxygens (including phenoxy) is 2. The second-order valence-corrected chi connectivity index (χ2v) is 5.97.